The number of para-hydroxylation sites is 1. The van der Waals surface area contributed by atoms with Crippen LogP contribution in [0.15, 0.2) is 84.9 Å². The van der Waals surface area contributed by atoms with Crippen LogP contribution < -0.4 is 10.2 Å². The fraction of sp³-hybridized carbons (Fsp3) is 0.0800. The number of hydrogen-bond donors (Lipinski definition) is 2. The number of nitrogens with zero attached hydrogens (tertiary/aromatic N) is 2. The number of likely N-dealkylation sites (N-methyl/N-ethyl adjacent to an activating group) is 1. The van der Waals surface area contributed by atoms with E-state index in [1.54, 1.807) is 31.3 Å². The van der Waals surface area contributed by atoms with E-state index in [2.05, 4.69) is 5.32 Å². The molecule has 0 aliphatic rings. The van der Waals surface area contributed by atoms with Gasteiger partial charge in [0.25, 0.3) is 5.69 Å². The highest BCUT2D eigenvalue weighted by Gasteiger charge is 2.17. The molecule has 0 saturated carbocycles. The number of carbonyl (C=O) groups is 2. The van der Waals surface area contributed by atoms with E-state index in [9.17, 15) is 19.7 Å². The number of anilines is 1. The number of rotatable bonds is 8. The second kappa shape index (κ2) is 10.6. The summed E-state index contributed by atoms with van der Waals surface area (Å²) in [6, 6.07) is 22.1. The summed E-state index contributed by atoms with van der Waals surface area (Å²) in [6.45, 7) is -0.229. The molecule has 8 heteroatoms. The maximum Gasteiger partial charge on any atom is 0.269 e. The Labute approximate surface area is 190 Å². The van der Waals surface area contributed by atoms with Crippen LogP contribution in [0, 0.1) is 15.5 Å². The summed E-state index contributed by atoms with van der Waals surface area (Å²) in [7, 11) is 1.60. The Hall–Kier alpha value is -4.59. The second-order valence-corrected chi connectivity index (χ2v) is 7.11. The minimum absolute atomic E-state index is 0.0362. The van der Waals surface area contributed by atoms with Crippen molar-refractivity contribution in [3.63, 3.8) is 0 Å². The number of benzene rings is 3. The van der Waals surface area contributed by atoms with Crippen LogP contribution in [0.5, 0.6) is 0 Å². The summed E-state index contributed by atoms with van der Waals surface area (Å²) in [4.78, 5) is 36.4. The maximum absolute atomic E-state index is 12.7. The molecule has 0 unspecified atom stereocenters. The van der Waals surface area contributed by atoms with Crippen molar-refractivity contribution < 1.29 is 14.5 Å². The van der Waals surface area contributed by atoms with E-state index in [4.69, 9.17) is 5.41 Å². The van der Waals surface area contributed by atoms with Crippen molar-refractivity contribution >= 4 is 35.0 Å². The first-order chi connectivity index (χ1) is 15.9. The van der Waals surface area contributed by atoms with Gasteiger partial charge >= 0.3 is 0 Å². The number of non-ortho nitro benzene ring substituents is 1. The number of amides is 2. The van der Waals surface area contributed by atoms with Gasteiger partial charge in [-0.1, -0.05) is 48.5 Å². The average molecular weight is 442 g/mol. The first-order valence-electron chi connectivity index (χ1n) is 10.1. The summed E-state index contributed by atoms with van der Waals surface area (Å²) in [6.07, 6.45) is 2.76. The minimum atomic E-state index is -0.498. The van der Waals surface area contributed by atoms with Crippen molar-refractivity contribution in [1.29, 1.82) is 5.41 Å². The summed E-state index contributed by atoms with van der Waals surface area (Å²) < 4.78 is 0. The number of hydrogen-bond acceptors (Lipinski definition) is 5. The smallest absolute Gasteiger partial charge is 0.269 e. The van der Waals surface area contributed by atoms with Gasteiger partial charge < -0.3 is 10.2 Å². The standard InChI is InChI=1S/C25H22N4O4/c1-28(22-10-6-5-9-21(22)25(26)19-7-3-2-4-8-19)24(31)17-27-23(30)16-13-18-11-14-20(15-12-18)29(32)33/h2-16,26H,17H2,1H3,(H,27,30)/b16-13+,26-25?. The van der Waals surface area contributed by atoms with Crippen molar-refractivity contribution in [3.05, 3.63) is 112 Å². The minimum Gasteiger partial charge on any atom is -0.343 e. The zero-order valence-electron chi connectivity index (χ0n) is 17.9. The monoisotopic (exact) mass is 442 g/mol. The molecule has 0 bridgehead atoms. The number of nitro groups is 1. The lowest BCUT2D eigenvalue weighted by molar-refractivity contribution is -0.384. The predicted octanol–water partition coefficient (Wildman–Crippen LogP) is 3.80. The van der Waals surface area contributed by atoms with E-state index < -0.39 is 10.8 Å². The van der Waals surface area contributed by atoms with Crippen molar-refractivity contribution in [1.82, 2.24) is 5.32 Å². The summed E-state index contributed by atoms with van der Waals surface area (Å²) in [5, 5.41) is 21.8. The average Bonchev–Trinajstić information content (AvgIpc) is 2.85. The fourth-order valence-electron chi connectivity index (χ4n) is 3.09. The van der Waals surface area contributed by atoms with Gasteiger partial charge in [-0.2, -0.15) is 0 Å². The molecule has 3 aromatic carbocycles. The molecule has 0 saturated heterocycles. The molecule has 33 heavy (non-hydrogen) atoms. The molecule has 0 aromatic heterocycles. The largest absolute Gasteiger partial charge is 0.343 e. The third kappa shape index (κ3) is 5.98. The van der Waals surface area contributed by atoms with Crippen molar-refractivity contribution in [2.75, 3.05) is 18.5 Å². The molecule has 3 rings (SSSR count). The third-order valence-corrected chi connectivity index (χ3v) is 4.92. The number of nitrogens with one attached hydrogen (secondary N) is 2. The van der Waals surface area contributed by atoms with Crippen LogP contribution in [0.4, 0.5) is 11.4 Å². The lowest BCUT2D eigenvalue weighted by Crippen LogP contribution is -2.38. The molecule has 2 N–H and O–H groups in total. The molecule has 0 heterocycles. The van der Waals surface area contributed by atoms with Crippen LogP contribution in [0.25, 0.3) is 6.08 Å². The zero-order chi connectivity index (χ0) is 23.8. The molecule has 166 valence electrons. The van der Waals surface area contributed by atoms with Crippen LogP contribution in [0.2, 0.25) is 0 Å². The van der Waals surface area contributed by atoms with Crippen molar-refractivity contribution in [3.8, 4) is 0 Å². The van der Waals surface area contributed by atoms with Crippen LogP contribution in [0.3, 0.4) is 0 Å². The van der Waals surface area contributed by atoms with Gasteiger partial charge in [-0.15, -0.1) is 0 Å². The van der Waals surface area contributed by atoms with Crippen molar-refractivity contribution in [2.24, 2.45) is 0 Å². The van der Waals surface area contributed by atoms with E-state index >= 15 is 0 Å². The molecule has 0 radical (unpaired) electrons. The molecular weight excluding hydrogens is 420 g/mol. The third-order valence-electron chi connectivity index (χ3n) is 4.92. The molecular formula is C25H22N4O4. The summed E-state index contributed by atoms with van der Waals surface area (Å²) in [5.41, 5.74) is 2.77. The Morgan fingerprint density at radius 3 is 2.30 bits per heavy atom. The van der Waals surface area contributed by atoms with Gasteiger partial charge in [0.15, 0.2) is 0 Å². The van der Waals surface area contributed by atoms with E-state index in [-0.39, 0.29) is 18.1 Å². The van der Waals surface area contributed by atoms with Gasteiger partial charge in [-0.05, 0) is 29.8 Å². The maximum atomic E-state index is 12.7. The lowest BCUT2D eigenvalue weighted by Gasteiger charge is -2.21. The molecule has 2 amide bonds. The zero-order valence-corrected chi connectivity index (χ0v) is 17.9. The molecule has 0 aliphatic heterocycles. The lowest BCUT2D eigenvalue weighted by atomic mass is 10.0. The van der Waals surface area contributed by atoms with Gasteiger partial charge in [0.05, 0.1) is 22.9 Å². The van der Waals surface area contributed by atoms with Gasteiger partial charge in [0.2, 0.25) is 11.8 Å². The first-order valence-corrected chi connectivity index (χ1v) is 10.1. The first kappa shape index (κ1) is 23.1. The highest BCUT2D eigenvalue weighted by atomic mass is 16.6. The van der Waals surface area contributed by atoms with Gasteiger partial charge in [-0.25, -0.2) is 0 Å². The van der Waals surface area contributed by atoms with Gasteiger partial charge in [-0.3, -0.25) is 25.1 Å². The van der Waals surface area contributed by atoms with Crippen LogP contribution in [-0.2, 0) is 9.59 Å². The Morgan fingerprint density at radius 1 is 1.00 bits per heavy atom. The van der Waals surface area contributed by atoms with Crippen LogP contribution >= 0.6 is 0 Å². The summed E-state index contributed by atoms with van der Waals surface area (Å²) in [5.74, 6) is -0.819. The van der Waals surface area contributed by atoms with Crippen LogP contribution in [-0.4, -0.2) is 36.0 Å². The van der Waals surface area contributed by atoms with Crippen molar-refractivity contribution in [2.45, 2.75) is 0 Å². The SMILES string of the molecule is CN(C(=O)CNC(=O)/C=C/c1ccc([N+](=O)[O-])cc1)c1ccccc1C(=N)c1ccccc1. The second-order valence-electron chi connectivity index (χ2n) is 7.11. The molecule has 0 fully saturated rings. The fourth-order valence-corrected chi connectivity index (χ4v) is 3.09. The van der Waals surface area contributed by atoms with Gasteiger partial charge in [0.1, 0.15) is 0 Å². The Balaban J connectivity index is 1.62. The molecule has 8 nitrogen and oxygen atoms in total. The Bertz CT molecular complexity index is 1200. The molecule has 0 atom stereocenters. The Kier molecular flexibility index (Phi) is 7.43. The van der Waals surface area contributed by atoms with Crippen LogP contribution in [0.1, 0.15) is 16.7 Å². The highest BCUT2D eigenvalue weighted by molar-refractivity contribution is 6.15. The number of carbonyl (C=O) groups excluding carboxylic acids is 2. The molecule has 0 aliphatic carbocycles. The quantitative estimate of drug-likeness (QED) is 0.239. The normalized spacial score (nSPS) is 10.6. The molecule has 0 spiro atoms. The number of nitro benzene ring substituents is 1. The topological polar surface area (TPSA) is 116 Å². The molecule has 3 aromatic rings. The highest BCUT2D eigenvalue weighted by Crippen LogP contribution is 2.22. The predicted molar refractivity (Wildman–Crippen MR) is 127 cm³/mol. The summed E-state index contributed by atoms with van der Waals surface area (Å²) >= 11 is 0. The van der Waals surface area contributed by atoms with E-state index in [1.165, 1.54) is 41.3 Å². The van der Waals surface area contributed by atoms with Gasteiger partial charge in [0, 0.05) is 36.4 Å². The van der Waals surface area contributed by atoms with E-state index in [0.29, 0.717) is 22.5 Å². The van der Waals surface area contributed by atoms with E-state index in [1.807, 2.05) is 30.3 Å². The van der Waals surface area contributed by atoms with E-state index in [0.717, 1.165) is 5.56 Å². The Morgan fingerprint density at radius 2 is 1.64 bits per heavy atom.